The first-order valence-corrected chi connectivity index (χ1v) is 11.7. The number of nitrogens with one attached hydrogen (secondary N) is 1. The van der Waals surface area contributed by atoms with E-state index in [1.54, 1.807) is 23.2 Å². The molecule has 1 aliphatic heterocycles. The lowest BCUT2D eigenvalue weighted by Crippen LogP contribution is -2.40. The number of hydrogen-bond acceptors (Lipinski definition) is 7. The molecule has 8 nitrogen and oxygen atoms in total. The number of benzene rings is 2. The molecule has 35 heavy (non-hydrogen) atoms. The molecule has 4 rings (SSSR count). The van der Waals surface area contributed by atoms with Crippen LogP contribution in [0.15, 0.2) is 72.9 Å². The summed E-state index contributed by atoms with van der Waals surface area (Å²) in [5.41, 5.74) is 2.97. The molecular formula is C27H30N4O4. The summed E-state index contributed by atoms with van der Waals surface area (Å²) < 4.78 is 10.8. The van der Waals surface area contributed by atoms with Crippen LogP contribution in [0.3, 0.4) is 0 Å². The number of amides is 1. The fourth-order valence-electron chi connectivity index (χ4n) is 3.98. The number of carbonyl (C=O) groups excluding carboxylic acids is 2. The monoisotopic (exact) mass is 474 g/mol. The smallest absolute Gasteiger partial charge is 0.342 e. The SMILES string of the molecule is CC(C)N(C(=O)COC(=O)c1cccnc1N1CCOCC1)c1ccc(Nc2ccccc2)cc1. The van der Waals surface area contributed by atoms with Gasteiger partial charge in [-0.3, -0.25) is 4.79 Å². The van der Waals surface area contributed by atoms with E-state index in [9.17, 15) is 9.59 Å². The largest absolute Gasteiger partial charge is 0.452 e. The highest BCUT2D eigenvalue weighted by atomic mass is 16.5. The number of pyridine rings is 1. The van der Waals surface area contributed by atoms with E-state index >= 15 is 0 Å². The molecule has 0 atom stereocenters. The van der Waals surface area contributed by atoms with Crippen molar-refractivity contribution in [2.45, 2.75) is 19.9 Å². The molecule has 2 heterocycles. The number of ether oxygens (including phenoxy) is 2. The summed E-state index contributed by atoms with van der Waals surface area (Å²) >= 11 is 0. The Morgan fingerprint density at radius 1 is 1.00 bits per heavy atom. The Morgan fingerprint density at radius 3 is 2.37 bits per heavy atom. The lowest BCUT2D eigenvalue weighted by molar-refractivity contribution is -0.122. The van der Waals surface area contributed by atoms with E-state index in [0.29, 0.717) is 37.7 Å². The van der Waals surface area contributed by atoms with Gasteiger partial charge in [0.25, 0.3) is 5.91 Å². The van der Waals surface area contributed by atoms with Crippen LogP contribution in [0.5, 0.6) is 0 Å². The van der Waals surface area contributed by atoms with Crippen molar-refractivity contribution in [1.29, 1.82) is 0 Å². The van der Waals surface area contributed by atoms with Gasteiger partial charge >= 0.3 is 5.97 Å². The minimum Gasteiger partial charge on any atom is -0.452 e. The van der Waals surface area contributed by atoms with Gasteiger partial charge in [0.05, 0.1) is 13.2 Å². The lowest BCUT2D eigenvalue weighted by atomic mass is 10.2. The molecule has 0 unspecified atom stereocenters. The van der Waals surface area contributed by atoms with E-state index in [2.05, 4.69) is 10.3 Å². The van der Waals surface area contributed by atoms with Gasteiger partial charge in [-0.05, 0) is 62.4 Å². The molecule has 0 aliphatic carbocycles. The van der Waals surface area contributed by atoms with Crippen LogP contribution in [0.25, 0.3) is 0 Å². The quantitative estimate of drug-likeness (QED) is 0.489. The minimum atomic E-state index is -0.570. The van der Waals surface area contributed by atoms with Crippen LogP contribution in [-0.4, -0.2) is 55.8 Å². The Bertz CT molecular complexity index is 1130. The van der Waals surface area contributed by atoms with Crippen molar-refractivity contribution in [3.05, 3.63) is 78.5 Å². The van der Waals surface area contributed by atoms with Crippen LogP contribution < -0.4 is 15.1 Å². The number of carbonyl (C=O) groups is 2. The second-order valence-electron chi connectivity index (χ2n) is 8.45. The van der Waals surface area contributed by atoms with Crippen molar-refractivity contribution in [3.63, 3.8) is 0 Å². The molecule has 2 aromatic carbocycles. The molecule has 182 valence electrons. The summed E-state index contributed by atoms with van der Waals surface area (Å²) in [5, 5.41) is 3.33. The molecule has 0 radical (unpaired) electrons. The number of anilines is 4. The molecule has 1 fully saturated rings. The molecule has 8 heteroatoms. The standard InChI is InChI=1S/C27H30N4O4/c1-20(2)31(23-12-10-22(11-13-23)29-21-7-4-3-5-8-21)25(32)19-35-27(33)24-9-6-14-28-26(24)30-15-17-34-18-16-30/h3-14,20,29H,15-19H2,1-2H3. The Balaban J connectivity index is 1.41. The number of para-hydroxylation sites is 1. The molecule has 1 aliphatic rings. The Hall–Kier alpha value is -3.91. The fourth-order valence-corrected chi connectivity index (χ4v) is 3.98. The molecule has 1 amide bonds. The average molecular weight is 475 g/mol. The lowest BCUT2D eigenvalue weighted by Gasteiger charge is -2.29. The molecule has 0 bridgehead atoms. The predicted octanol–water partition coefficient (Wildman–Crippen LogP) is 4.26. The summed E-state index contributed by atoms with van der Waals surface area (Å²) in [6.45, 7) is 5.93. The zero-order valence-corrected chi connectivity index (χ0v) is 20.0. The first kappa shape index (κ1) is 24.2. The molecular weight excluding hydrogens is 444 g/mol. The van der Waals surface area contributed by atoms with Crippen molar-refractivity contribution >= 4 is 34.8 Å². The van der Waals surface area contributed by atoms with Gasteiger partial charge in [-0.1, -0.05) is 18.2 Å². The molecule has 1 saturated heterocycles. The molecule has 0 saturated carbocycles. The van der Waals surface area contributed by atoms with Crippen molar-refractivity contribution in [2.24, 2.45) is 0 Å². The second-order valence-corrected chi connectivity index (χ2v) is 8.45. The van der Waals surface area contributed by atoms with E-state index in [0.717, 1.165) is 17.1 Å². The summed E-state index contributed by atoms with van der Waals surface area (Å²) in [5.74, 6) is -0.316. The van der Waals surface area contributed by atoms with Crippen LogP contribution in [0.2, 0.25) is 0 Å². The van der Waals surface area contributed by atoms with E-state index < -0.39 is 5.97 Å². The minimum absolute atomic E-state index is 0.114. The number of esters is 1. The third-order valence-corrected chi connectivity index (χ3v) is 5.64. The van der Waals surface area contributed by atoms with Gasteiger partial charge < -0.3 is 24.6 Å². The topological polar surface area (TPSA) is 84.0 Å². The first-order valence-electron chi connectivity index (χ1n) is 11.7. The third-order valence-electron chi connectivity index (χ3n) is 5.64. The van der Waals surface area contributed by atoms with Crippen LogP contribution in [0.1, 0.15) is 24.2 Å². The highest BCUT2D eigenvalue weighted by molar-refractivity contribution is 5.99. The van der Waals surface area contributed by atoms with Crippen LogP contribution in [0.4, 0.5) is 22.9 Å². The number of aromatic nitrogens is 1. The van der Waals surface area contributed by atoms with Gasteiger partial charge in [0.15, 0.2) is 6.61 Å². The van der Waals surface area contributed by atoms with Gasteiger partial charge in [-0.15, -0.1) is 0 Å². The zero-order valence-electron chi connectivity index (χ0n) is 20.0. The fraction of sp³-hybridized carbons (Fsp3) is 0.296. The number of nitrogens with zero attached hydrogens (tertiary/aromatic N) is 3. The van der Waals surface area contributed by atoms with Crippen molar-refractivity contribution in [3.8, 4) is 0 Å². The van der Waals surface area contributed by atoms with Crippen molar-refractivity contribution in [2.75, 3.05) is 48.0 Å². The van der Waals surface area contributed by atoms with E-state index in [4.69, 9.17) is 9.47 Å². The summed E-state index contributed by atoms with van der Waals surface area (Å²) in [6, 6.07) is 20.7. The van der Waals surface area contributed by atoms with Crippen LogP contribution in [0, 0.1) is 0 Å². The van der Waals surface area contributed by atoms with Gasteiger partial charge in [-0.2, -0.15) is 0 Å². The van der Waals surface area contributed by atoms with Crippen molar-refractivity contribution < 1.29 is 19.1 Å². The van der Waals surface area contributed by atoms with E-state index in [1.807, 2.05) is 73.3 Å². The predicted molar refractivity (Wildman–Crippen MR) is 136 cm³/mol. The van der Waals surface area contributed by atoms with E-state index in [1.165, 1.54) is 0 Å². The second kappa shape index (κ2) is 11.5. The van der Waals surface area contributed by atoms with Gasteiger partial charge in [0, 0.05) is 42.4 Å². The third kappa shape index (κ3) is 6.16. The maximum Gasteiger partial charge on any atom is 0.342 e. The van der Waals surface area contributed by atoms with Gasteiger partial charge in [-0.25, -0.2) is 9.78 Å². The Kier molecular flexibility index (Phi) is 7.95. The highest BCUT2D eigenvalue weighted by Crippen LogP contribution is 2.24. The molecule has 0 spiro atoms. The van der Waals surface area contributed by atoms with E-state index in [-0.39, 0.29) is 18.6 Å². The maximum atomic E-state index is 13.1. The molecule has 1 aromatic heterocycles. The number of hydrogen-bond donors (Lipinski definition) is 1. The molecule has 1 N–H and O–H groups in total. The summed E-state index contributed by atoms with van der Waals surface area (Å²) in [6.07, 6.45) is 1.64. The summed E-state index contributed by atoms with van der Waals surface area (Å²) in [7, 11) is 0. The molecule has 3 aromatic rings. The normalized spacial score (nSPS) is 13.4. The number of rotatable bonds is 8. The van der Waals surface area contributed by atoms with Crippen LogP contribution >= 0.6 is 0 Å². The maximum absolute atomic E-state index is 13.1. The first-order chi connectivity index (χ1) is 17.0. The van der Waals surface area contributed by atoms with Gasteiger partial charge in [0.2, 0.25) is 0 Å². The Labute approximate surface area is 205 Å². The zero-order chi connectivity index (χ0) is 24.6. The highest BCUT2D eigenvalue weighted by Gasteiger charge is 2.24. The van der Waals surface area contributed by atoms with Crippen molar-refractivity contribution in [1.82, 2.24) is 4.98 Å². The Morgan fingerprint density at radius 2 is 1.69 bits per heavy atom. The number of morpholine rings is 1. The van der Waals surface area contributed by atoms with Crippen LogP contribution in [-0.2, 0) is 14.3 Å². The van der Waals surface area contributed by atoms with Gasteiger partial charge in [0.1, 0.15) is 11.4 Å². The average Bonchev–Trinajstić information content (AvgIpc) is 2.89. The summed E-state index contributed by atoms with van der Waals surface area (Å²) in [4.78, 5) is 33.9.